The van der Waals surface area contributed by atoms with E-state index in [1.165, 1.54) is 18.2 Å². The molecule has 0 bridgehead atoms. The highest BCUT2D eigenvalue weighted by Gasteiger charge is 2.32. The molecule has 31 heavy (non-hydrogen) atoms. The Balaban J connectivity index is 1.54. The van der Waals surface area contributed by atoms with Crippen molar-refractivity contribution in [3.8, 4) is 0 Å². The van der Waals surface area contributed by atoms with Crippen molar-refractivity contribution in [2.24, 2.45) is 5.92 Å². The Morgan fingerprint density at radius 3 is 2.65 bits per heavy atom. The van der Waals surface area contributed by atoms with Crippen molar-refractivity contribution in [3.05, 3.63) is 52.3 Å². The summed E-state index contributed by atoms with van der Waals surface area (Å²) in [6.45, 7) is 7.36. The number of morpholine rings is 1. The Morgan fingerprint density at radius 1 is 1.26 bits per heavy atom. The number of fused-ring (bicyclic) bond motifs is 1. The van der Waals surface area contributed by atoms with Gasteiger partial charge in [0, 0.05) is 49.0 Å². The first-order valence-corrected chi connectivity index (χ1v) is 11.1. The number of hydrogen-bond donors (Lipinski definition) is 1. The Kier molecular flexibility index (Phi) is 6.67. The Bertz CT molecular complexity index is 918. The average Bonchev–Trinajstić information content (AvgIpc) is 3.10. The molecule has 8 heteroatoms. The van der Waals surface area contributed by atoms with Crippen molar-refractivity contribution >= 4 is 5.91 Å². The van der Waals surface area contributed by atoms with Crippen LogP contribution in [0.25, 0.3) is 0 Å². The predicted octanol–water partition coefficient (Wildman–Crippen LogP) is 2.94. The van der Waals surface area contributed by atoms with E-state index in [0.29, 0.717) is 44.3 Å². The van der Waals surface area contributed by atoms with Crippen LogP contribution in [0.5, 0.6) is 0 Å². The van der Waals surface area contributed by atoms with Gasteiger partial charge in [-0.3, -0.25) is 9.48 Å². The summed E-state index contributed by atoms with van der Waals surface area (Å²) in [5, 5.41) is 8.02. The molecular weight excluding hydrogens is 402 g/mol. The normalized spacial score (nSPS) is 19.0. The largest absolute Gasteiger partial charge is 0.378 e. The van der Waals surface area contributed by atoms with E-state index in [2.05, 4.69) is 19.2 Å². The number of rotatable bonds is 6. The molecule has 6 nitrogen and oxygen atoms in total. The number of carbonyl (C=O) groups excluding carboxylic acids is 1. The van der Waals surface area contributed by atoms with Crippen LogP contribution in [-0.2, 0) is 30.7 Å². The van der Waals surface area contributed by atoms with Crippen LogP contribution < -0.4 is 5.32 Å². The number of carbonyl (C=O) groups is 1. The van der Waals surface area contributed by atoms with Gasteiger partial charge in [0.2, 0.25) is 0 Å². The van der Waals surface area contributed by atoms with Gasteiger partial charge in [-0.05, 0) is 37.3 Å². The second-order valence-corrected chi connectivity index (χ2v) is 8.78. The molecule has 2 aliphatic rings. The van der Waals surface area contributed by atoms with E-state index in [9.17, 15) is 13.6 Å². The third-order valence-corrected chi connectivity index (χ3v) is 6.01. The molecule has 1 aromatic carbocycles. The summed E-state index contributed by atoms with van der Waals surface area (Å²) in [5.41, 5.74) is 2.64. The van der Waals surface area contributed by atoms with Crippen LogP contribution in [0.15, 0.2) is 18.2 Å². The summed E-state index contributed by atoms with van der Waals surface area (Å²) in [6.07, 6.45) is 2.23. The van der Waals surface area contributed by atoms with Gasteiger partial charge in [0.1, 0.15) is 11.6 Å². The van der Waals surface area contributed by atoms with Gasteiger partial charge in [-0.2, -0.15) is 5.10 Å². The lowest BCUT2D eigenvalue weighted by Gasteiger charge is -2.28. The van der Waals surface area contributed by atoms with E-state index in [1.54, 1.807) is 4.90 Å². The zero-order valence-corrected chi connectivity index (χ0v) is 18.2. The van der Waals surface area contributed by atoms with E-state index >= 15 is 0 Å². The molecule has 1 N–H and O–H groups in total. The highest BCUT2D eigenvalue weighted by atomic mass is 19.1. The molecule has 1 atom stereocenters. The number of nitrogens with one attached hydrogen (secondary N) is 1. The molecule has 1 aliphatic heterocycles. The van der Waals surface area contributed by atoms with E-state index in [1.807, 2.05) is 4.68 Å². The standard InChI is InChI=1S/C23H30F2N4O2/c1-15(2)14-29-21-7-6-16(26-13-18-19(24)4-3-5-20(18)25)12-17(21)22(27-29)23(30)28-8-10-31-11-9-28/h3-5,15-16,26H,6-14H2,1-2H3. The van der Waals surface area contributed by atoms with E-state index in [0.717, 1.165) is 30.6 Å². The molecular formula is C23H30F2N4O2. The number of aromatic nitrogens is 2. The molecule has 1 amide bonds. The molecule has 1 aliphatic carbocycles. The van der Waals surface area contributed by atoms with Gasteiger partial charge in [0.05, 0.1) is 13.2 Å². The maximum Gasteiger partial charge on any atom is 0.274 e. The van der Waals surface area contributed by atoms with Gasteiger partial charge in [-0.25, -0.2) is 8.78 Å². The van der Waals surface area contributed by atoms with Gasteiger partial charge in [0.15, 0.2) is 5.69 Å². The lowest BCUT2D eigenvalue weighted by molar-refractivity contribution is 0.0297. The molecule has 0 radical (unpaired) electrons. The first-order valence-electron chi connectivity index (χ1n) is 11.1. The third kappa shape index (κ3) is 4.80. The van der Waals surface area contributed by atoms with Gasteiger partial charge >= 0.3 is 0 Å². The number of hydrogen-bond acceptors (Lipinski definition) is 4. The van der Waals surface area contributed by atoms with Crippen molar-refractivity contribution < 1.29 is 18.3 Å². The number of halogens is 2. The first-order chi connectivity index (χ1) is 14.9. The lowest BCUT2D eigenvalue weighted by Crippen LogP contribution is -2.41. The minimum Gasteiger partial charge on any atom is -0.378 e. The maximum atomic E-state index is 14.0. The summed E-state index contributed by atoms with van der Waals surface area (Å²) in [7, 11) is 0. The first kappa shape index (κ1) is 21.9. The fraction of sp³-hybridized carbons (Fsp3) is 0.565. The van der Waals surface area contributed by atoms with Crippen molar-refractivity contribution in [1.82, 2.24) is 20.0 Å². The van der Waals surface area contributed by atoms with Crippen LogP contribution in [0.1, 0.15) is 47.6 Å². The monoisotopic (exact) mass is 432 g/mol. The van der Waals surface area contributed by atoms with Gasteiger partial charge < -0.3 is 15.0 Å². The van der Waals surface area contributed by atoms with Crippen LogP contribution in [0.3, 0.4) is 0 Å². The van der Waals surface area contributed by atoms with Crippen molar-refractivity contribution in [1.29, 1.82) is 0 Å². The lowest BCUT2D eigenvalue weighted by atomic mass is 9.90. The van der Waals surface area contributed by atoms with Crippen LogP contribution in [0.4, 0.5) is 8.78 Å². The fourth-order valence-corrected chi connectivity index (χ4v) is 4.39. The fourth-order valence-electron chi connectivity index (χ4n) is 4.39. The van der Waals surface area contributed by atoms with Crippen LogP contribution in [0.2, 0.25) is 0 Å². The molecule has 1 aromatic heterocycles. The average molecular weight is 433 g/mol. The van der Waals surface area contributed by atoms with Gasteiger partial charge in [0.25, 0.3) is 5.91 Å². The molecule has 2 heterocycles. The van der Waals surface area contributed by atoms with Crippen molar-refractivity contribution in [2.45, 2.75) is 52.2 Å². The molecule has 2 aromatic rings. The molecule has 1 saturated heterocycles. The summed E-state index contributed by atoms with van der Waals surface area (Å²) in [6, 6.07) is 3.94. The second-order valence-electron chi connectivity index (χ2n) is 8.78. The summed E-state index contributed by atoms with van der Waals surface area (Å²) in [5.74, 6) is -0.730. The predicted molar refractivity (Wildman–Crippen MR) is 113 cm³/mol. The summed E-state index contributed by atoms with van der Waals surface area (Å²) in [4.78, 5) is 15.0. The van der Waals surface area contributed by atoms with Crippen LogP contribution >= 0.6 is 0 Å². The summed E-state index contributed by atoms with van der Waals surface area (Å²) >= 11 is 0. The molecule has 1 fully saturated rings. The van der Waals surface area contributed by atoms with E-state index < -0.39 is 11.6 Å². The van der Waals surface area contributed by atoms with Gasteiger partial charge in [-0.15, -0.1) is 0 Å². The molecule has 0 saturated carbocycles. The molecule has 168 valence electrons. The second kappa shape index (κ2) is 9.44. The minimum absolute atomic E-state index is 0.0273. The number of ether oxygens (including phenoxy) is 1. The number of amides is 1. The maximum absolute atomic E-state index is 14.0. The molecule has 0 spiro atoms. The smallest absolute Gasteiger partial charge is 0.274 e. The number of benzene rings is 1. The Labute approximate surface area is 181 Å². The molecule has 1 unspecified atom stereocenters. The zero-order chi connectivity index (χ0) is 22.0. The zero-order valence-electron chi connectivity index (χ0n) is 18.2. The van der Waals surface area contributed by atoms with Crippen LogP contribution in [0, 0.1) is 17.6 Å². The van der Waals surface area contributed by atoms with E-state index in [-0.39, 0.29) is 24.1 Å². The minimum atomic E-state index is -0.545. The summed E-state index contributed by atoms with van der Waals surface area (Å²) < 4.78 is 35.3. The third-order valence-electron chi connectivity index (χ3n) is 6.01. The van der Waals surface area contributed by atoms with Crippen molar-refractivity contribution in [3.63, 3.8) is 0 Å². The molecule has 4 rings (SSSR count). The number of nitrogens with zero attached hydrogens (tertiary/aromatic N) is 3. The van der Waals surface area contributed by atoms with Gasteiger partial charge in [-0.1, -0.05) is 19.9 Å². The Hall–Kier alpha value is -2.32. The quantitative estimate of drug-likeness (QED) is 0.763. The van der Waals surface area contributed by atoms with Crippen LogP contribution in [-0.4, -0.2) is 52.9 Å². The van der Waals surface area contributed by atoms with E-state index in [4.69, 9.17) is 9.84 Å². The SMILES string of the molecule is CC(C)Cn1nc(C(=O)N2CCOCC2)c2c1CCC(NCc1c(F)cccc1F)C2. The van der Waals surface area contributed by atoms with Crippen molar-refractivity contribution in [2.75, 3.05) is 26.3 Å². The highest BCUT2D eigenvalue weighted by Crippen LogP contribution is 2.27. The Morgan fingerprint density at radius 2 is 1.97 bits per heavy atom. The highest BCUT2D eigenvalue weighted by molar-refractivity contribution is 5.94. The topological polar surface area (TPSA) is 59.4 Å².